The van der Waals surface area contributed by atoms with Gasteiger partial charge in [-0.1, -0.05) is 6.07 Å². The van der Waals surface area contributed by atoms with Crippen LogP contribution in [-0.2, 0) is 11.3 Å². The van der Waals surface area contributed by atoms with E-state index in [9.17, 15) is 4.79 Å². The molecular weight excluding hydrogens is 276 g/mol. The monoisotopic (exact) mass is 288 g/mol. The fraction of sp³-hybridized carbons (Fsp3) is 0.143. The van der Waals surface area contributed by atoms with Crippen molar-refractivity contribution in [3.63, 3.8) is 0 Å². The second-order valence-electron chi connectivity index (χ2n) is 3.93. The molecule has 20 heavy (non-hydrogen) atoms. The highest BCUT2D eigenvalue weighted by Gasteiger charge is 2.13. The highest BCUT2D eigenvalue weighted by atomic mass is 32.1. The van der Waals surface area contributed by atoms with Crippen molar-refractivity contribution in [2.24, 2.45) is 0 Å². The molecule has 0 bridgehead atoms. The number of nitriles is 1. The minimum atomic E-state index is -0.458. The number of rotatable bonds is 4. The lowest BCUT2D eigenvalue weighted by Gasteiger charge is -2.07. The predicted molar refractivity (Wildman–Crippen MR) is 75.6 cm³/mol. The van der Waals surface area contributed by atoms with Crippen LogP contribution in [0.5, 0.6) is 5.75 Å². The average molecular weight is 288 g/mol. The molecule has 1 aromatic carbocycles. The number of hydrogen-bond acceptors (Lipinski definition) is 6. The number of nitrogens with two attached hydrogens (primary N) is 1. The summed E-state index contributed by atoms with van der Waals surface area (Å²) >= 11 is 1.24. The fourth-order valence-corrected chi connectivity index (χ4v) is 2.33. The zero-order chi connectivity index (χ0) is 14.5. The Labute approximate surface area is 120 Å². The molecule has 0 amide bonds. The number of benzene rings is 1. The molecule has 0 aliphatic rings. The SMILES string of the molecule is COc1cc(COC(=O)c2sccc2N)ccc1C#N. The van der Waals surface area contributed by atoms with Crippen LogP contribution in [0, 0.1) is 11.3 Å². The van der Waals surface area contributed by atoms with Crippen LogP contribution in [-0.4, -0.2) is 13.1 Å². The van der Waals surface area contributed by atoms with Crippen LogP contribution in [0.3, 0.4) is 0 Å². The van der Waals surface area contributed by atoms with Gasteiger partial charge in [-0.25, -0.2) is 4.79 Å². The van der Waals surface area contributed by atoms with Crippen molar-refractivity contribution >= 4 is 23.0 Å². The van der Waals surface area contributed by atoms with Crippen LogP contribution in [0.1, 0.15) is 20.8 Å². The maximum absolute atomic E-state index is 11.8. The Bertz CT molecular complexity index is 673. The lowest BCUT2D eigenvalue weighted by molar-refractivity contribution is 0.0479. The van der Waals surface area contributed by atoms with E-state index in [4.69, 9.17) is 20.5 Å². The summed E-state index contributed by atoms with van der Waals surface area (Å²) in [6.45, 7) is 0.0955. The highest BCUT2D eigenvalue weighted by molar-refractivity contribution is 7.12. The largest absolute Gasteiger partial charge is 0.495 e. The summed E-state index contributed by atoms with van der Waals surface area (Å²) in [4.78, 5) is 12.2. The first kappa shape index (κ1) is 13.9. The third-order valence-electron chi connectivity index (χ3n) is 2.64. The van der Waals surface area contributed by atoms with Crippen molar-refractivity contribution in [1.82, 2.24) is 0 Å². The second kappa shape index (κ2) is 6.08. The van der Waals surface area contributed by atoms with E-state index in [0.717, 1.165) is 5.56 Å². The molecule has 0 saturated heterocycles. The Morgan fingerprint density at radius 2 is 2.25 bits per heavy atom. The van der Waals surface area contributed by atoms with Crippen molar-refractivity contribution in [2.75, 3.05) is 12.8 Å². The average Bonchev–Trinajstić information content (AvgIpc) is 2.90. The minimum absolute atomic E-state index is 0.0955. The third-order valence-corrected chi connectivity index (χ3v) is 3.55. The van der Waals surface area contributed by atoms with E-state index in [1.54, 1.807) is 29.6 Å². The van der Waals surface area contributed by atoms with E-state index in [1.165, 1.54) is 18.4 Å². The Kier molecular flexibility index (Phi) is 4.23. The molecule has 6 heteroatoms. The number of anilines is 1. The molecule has 1 heterocycles. The van der Waals surface area contributed by atoms with Crippen molar-refractivity contribution in [1.29, 1.82) is 5.26 Å². The predicted octanol–water partition coefficient (Wildman–Crippen LogP) is 2.57. The topological polar surface area (TPSA) is 85.3 Å². The van der Waals surface area contributed by atoms with Gasteiger partial charge in [0.05, 0.1) is 18.4 Å². The van der Waals surface area contributed by atoms with E-state index in [0.29, 0.717) is 21.9 Å². The van der Waals surface area contributed by atoms with Crippen LogP contribution in [0.15, 0.2) is 29.6 Å². The highest BCUT2D eigenvalue weighted by Crippen LogP contribution is 2.22. The summed E-state index contributed by atoms with van der Waals surface area (Å²) in [6.07, 6.45) is 0. The van der Waals surface area contributed by atoms with E-state index < -0.39 is 5.97 Å². The van der Waals surface area contributed by atoms with Gasteiger partial charge in [-0.15, -0.1) is 11.3 Å². The molecule has 0 spiro atoms. The number of methoxy groups -OCH3 is 1. The summed E-state index contributed by atoms with van der Waals surface area (Å²) in [7, 11) is 1.48. The number of esters is 1. The molecule has 1 aromatic heterocycles. The lowest BCUT2D eigenvalue weighted by atomic mass is 10.1. The van der Waals surface area contributed by atoms with Gasteiger partial charge in [-0.3, -0.25) is 0 Å². The number of nitrogen functional groups attached to an aromatic ring is 1. The number of ether oxygens (including phenoxy) is 2. The molecule has 0 fully saturated rings. The van der Waals surface area contributed by atoms with E-state index >= 15 is 0 Å². The van der Waals surface area contributed by atoms with Crippen LogP contribution in [0.4, 0.5) is 5.69 Å². The molecule has 0 aliphatic heterocycles. The molecule has 2 aromatic rings. The molecule has 0 aliphatic carbocycles. The Hall–Kier alpha value is -2.52. The number of carbonyl (C=O) groups is 1. The summed E-state index contributed by atoms with van der Waals surface area (Å²) in [6, 6.07) is 8.69. The van der Waals surface area contributed by atoms with Crippen LogP contribution in [0.2, 0.25) is 0 Å². The number of nitrogens with zero attached hydrogens (tertiary/aromatic N) is 1. The summed E-state index contributed by atoms with van der Waals surface area (Å²) in [5, 5.41) is 10.6. The molecule has 0 unspecified atom stereocenters. The van der Waals surface area contributed by atoms with Crippen LogP contribution < -0.4 is 10.5 Å². The molecule has 5 nitrogen and oxygen atoms in total. The summed E-state index contributed by atoms with van der Waals surface area (Å²) in [5.74, 6) is -0.00230. The molecule has 0 atom stereocenters. The molecular formula is C14H12N2O3S. The van der Waals surface area contributed by atoms with E-state index in [1.807, 2.05) is 6.07 Å². The molecule has 2 rings (SSSR count). The van der Waals surface area contributed by atoms with Gasteiger partial charge in [0.1, 0.15) is 23.3 Å². The smallest absolute Gasteiger partial charge is 0.350 e. The zero-order valence-corrected chi connectivity index (χ0v) is 11.6. The minimum Gasteiger partial charge on any atom is -0.495 e. The first-order valence-corrected chi connectivity index (χ1v) is 6.60. The van der Waals surface area contributed by atoms with Crippen molar-refractivity contribution < 1.29 is 14.3 Å². The van der Waals surface area contributed by atoms with E-state index in [-0.39, 0.29) is 6.61 Å². The standard InChI is InChI=1S/C14H12N2O3S/c1-18-12-6-9(2-3-10(12)7-15)8-19-14(17)13-11(16)4-5-20-13/h2-6H,8,16H2,1H3. The summed E-state index contributed by atoms with van der Waals surface area (Å²) in [5.41, 5.74) is 7.24. The van der Waals surface area contributed by atoms with Crippen LogP contribution >= 0.6 is 11.3 Å². The number of hydrogen-bond donors (Lipinski definition) is 1. The van der Waals surface area contributed by atoms with Gasteiger partial charge < -0.3 is 15.2 Å². The van der Waals surface area contributed by atoms with Gasteiger partial charge in [0, 0.05) is 0 Å². The Morgan fingerprint density at radius 1 is 1.45 bits per heavy atom. The number of carbonyl (C=O) groups excluding carboxylic acids is 1. The van der Waals surface area contributed by atoms with Crippen molar-refractivity contribution in [2.45, 2.75) is 6.61 Å². The Morgan fingerprint density at radius 3 is 2.85 bits per heavy atom. The first-order valence-electron chi connectivity index (χ1n) is 5.72. The van der Waals surface area contributed by atoms with Crippen molar-refractivity contribution in [3.05, 3.63) is 45.6 Å². The molecule has 2 N–H and O–H groups in total. The lowest BCUT2D eigenvalue weighted by Crippen LogP contribution is -2.05. The maximum atomic E-state index is 11.8. The van der Waals surface area contributed by atoms with Gasteiger partial charge in [0.15, 0.2) is 0 Å². The molecule has 0 saturated carbocycles. The van der Waals surface area contributed by atoms with Gasteiger partial charge in [-0.2, -0.15) is 5.26 Å². The Balaban J connectivity index is 2.07. The van der Waals surface area contributed by atoms with Gasteiger partial charge in [0.2, 0.25) is 0 Å². The molecule has 102 valence electrons. The van der Waals surface area contributed by atoms with Crippen LogP contribution in [0.25, 0.3) is 0 Å². The third kappa shape index (κ3) is 2.90. The summed E-state index contributed by atoms with van der Waals surface area (Å²) < 4.78 is 10.3. The second-order valence-corrected chi connectivity index (χ2v) is 4.84. The van der Waals surface area contributed by atoms with Gasteiger partial charge in [0.25, 0.3) is 0 Å². The first-order chi connectivity index (χ1) is 9.65. The normalized spacial score (nSPS) is 9.80. The quantitative estimate of drug-likeness (QED) is 0.874. The van der Waals surface area contributed by atoms with E-state index in [2.05, 4.69) is 0 Å². The zero-order valence-electron chi connectivity index (χ0n) is 10.8. The maximum Gasteiger partial charge on any atom is 0.350 e. The van der Waals surface area contributed by atoms with Gasteiger partial charge >= 0.3 is 5.97 Å². The number of thiophene rings is 1. The van der Waals surface area contributed by atoms with Gasteiger partial charge in [-0.05, 0) is 29.1 Å². The fourth-order valence-electron chi connectivity index (χ4n) is 1.62. The van der Waals surface area contributed by atoms with Crippen molar-refractivity contribution in [3.8, 4) is 11.8 Å². The molecule has 0 radical (unpaired) electrons.